The molecule has 0 atom stereocenters. The van der Waals surface area contributed by atoms with Crippen molar-refractivity contribution in [2.45, 2.75) is 6.92 Å². The number of carbonyl (C=O) groups is 1. The fraction of sp³-hybridized carbons (Fsp3) is 0.364. The zero-order chi connectivity index (χ0) is 9.97. The van der Waals surface area contributed by atoms with Crippen LogP contribution in [0.3, 0.4) is 0 Å². The van der Waals surface area contributed by atoms with Crippen LogP contribution >= 0.6 is 0 Å². The van der Waals surface area contributed by atoms with Crippen molar-refractivity contribution in [2.24, 2.45) is 0 Å². The van der Waals surface area contributed by atoms with E-state index < -0.39 is 0 Å². The van der Waals surface area contributed by atoms with Gasteiger partial charge in [0.05, 0.1) is 6.61 Å². The van der Waals surface area contributed by atoms with E-state index in [2.05, 4.69) is 0 Å². The van der Waals surface area contributed by atoms with E-state index in [9.17, 15) is 4.79 Å². The van der Waals surface area contributed by atoms with Crippen LogP contribution < -0.4 is 0 Å². The van der Waals surface area contributed by atoms with E-state index in [-0.39, 0.29) is 5.91 Å². The molecule has 74 valence electrons. The summed E-state index contributed by atoms with van der Waals surface area (Å²) in [5, 5.41) is 0. The van der Waals surface area contributed by atoms with Crippen molar-refractivity contribution >= 4 is 5.91 Å². The highest BCUT2D eigenvalue weighted by Crippen LogP contribution is 2.12. The molecule has 1 aromatic rings. The van der Waals surface area contributed by atoms with Gasteiger partial charge in [-0.15, -0.1) is 0 Å². The van der Waals surface area contributed by atoms with Gasteiger partial charge in [0.2, 0.25) is 0 Å². The smallest absolute Gasteiger partial charge is 0.256 e. The van der Waals surface area contributed by atoms with Crippen molar-refractivity contribution in [2.75, 3.05) is 19.9 Å². The third-order valence-electron chi connectivity index (χ3n) is 2.42. The van der Waals surface area contributed by atoms with Crippen LogP contribution in [0.2, 0.25) is 0 Å². The van der Waals surface area contributed by atoms with Crippen molar-refractivity contribution in [1.29, 1.82) is 0 Å². The summed E-state index contributed by atoms with van der Waals surface area (Å²) in [6, 6.07) is 7.63. The van der Waals surface area contributed by atoms with Crippen LogP contribution in [0.4, 0.5) is 0 Å². The molecule has 0 saturated carbocycles. The number of aryl methyl sites for hydroxylation is 1. The molecule has 0 bridgehead atoms. The Morgan fingerprint density at radius 3 is 2.86 bits per heavy atom. The summed E-state index contributed by atoms with van der Waals surface area (Å²) >= 11 is 0. The van der Waals surface area contributed by atoms with E-state index >= 15 is 0 Å². The molecule has 1 aliphatic heterocycles. The minimum Gasteiger partial charge on any atom is -0.359 e. The van der Waals surface area contributed by atoms with Crippen LogP contribution in [0, 0.1) is 6.92 Å². The molecule has 0 aliphatic carbocycles. The Morgan fingerprint density at radius 2 is 2.21 bits per heavy atom. The summed E-state index contributed by atoms with van der Waals surface area (Å²) in [5.74, 6) is 0.0700. The van der Waals surface area contributed by atoms with Crippen LogP contribution in [0.1, 0.15) is 15.9 Å². The number of ether oxygens (including phenoxy) is 1. The first-order valence-electron chi connectivity index (χ1n) is 4.71. The predicted octanol–water partition coefficient (Wildman–Crippen LogP) is 1.42. The SMILES string of the molecule is Cc1ccccc1C(=O)N1CCOC1. The second kappa shape index (κ2) is 3.80. The van der Waals surface area contributed by atoms with Crippen molar-refractivity contribution in [3.05, 3.63) is 35.4 Å². The molecular formula is C11H13NO2. The highest BCUT2D eigenvalue weighted by molar-refractivity contribution is 5.95. The first kappa shape index (κ1) is 9.21. The van der Waals surface area contributed by atoms with Gasteiger partial charge in [-0.1, -0.05) is 18.2 Å². The number of carbonyl (C=O) groups excluding carboxylic acids is 1. The van der Waals surface area contributed by atoms with Gasteiger partial charge >= 0.3 is 0 Å². The Morgan fingerprint density at radius 1 is 1.43 bits per heavy atom. The second-order valence-corrected chi connectivity index (χ2v) is 3.42. The van der Waals surface area contributed by atoms with Gasteiger partial charge in [-0.05, 0) is 18.6 Å². The molecule has 1 amide bonds. The van der Waals surface area contributed by atoms with Crippen LogP contribution in [0.5, 0.6) is 0 Å². The molecule has 1 aliphatic rings. The average molecular weight is 191 g/mol. The molecule has 1 saturated heterocycles. The summed E-state index contributed by atoms with van der Waals surface area (Å²) in [5.41, 5.74) is 1.79. The van der Waals surface area contributed by atoms with Crippen molar-refractivity contribution in [1.82, 2.24) is 4.90 Å². The van der Waals surface area contributed by atoms with Crippen molar-refractivity contribution in [3.63, 3.8) is 0 Å². The normalized spacial score (nSPS) is 15.9. The molecule has 2 rings (SSSR count). The van der Waals surface area contributed by atoms with E-state index in [0.29, 0.717) is 19.9 Å². The highest BCUT2D eigenvalue weighted by Gasteiger charge is 2.20. The molecule has 3 nitrogen and oxygen atoms in total. The summed E-state index contributed by atoms with van der Waals surface area (Å²) in [6.07, 6.45) is 0. The fourth-order valence-corrected chi connectivity index (χ4v) is 1.56. The van der Waals surface area contributed by atoms with Crippen LogP contribution in [0.25, 0.3) is 0 Å². The summed E-state index contributed by atoms with van der Waals surface area (Å²) in [6.45, 7) is 3.72. The van der Waals surface area contributed by atoms with E-state index in [0.717, 1.165) is 11.1 Å². The lowest BCUT2D eigenvalue weighted by atomic mass is 10.1. The van der Waals surface area contributed by atoms with E-state index in [1.54, 1.807) is 4.90 Å². The van der Waals surface area contributed by atoms with Gasteiger partial charge in [-0.2, -0.15) is 0 Å². The van der Waals surface area contributed by atoms with Crippen molar-refractivity contribution in [3.8, 4) is 0 Å². The lowest BCUT2D eigenvalue weighted by Gasteiger charge is -2.14. The predicted molar refractivity (Wildman–Crippen MR) is 53.0 cm³/mol. The van der Waals surface area contributed by atoms with Crippen LogP contribution in [-0.4, -0.2) is 30.7 Å². The van der Waals surface area contributed by atoms with E-state index in [4.69, 9.17) is 4.74 Å². The molecule has 1 fully saturated rings. The van der Waals surface area contributed by atoms with Crippen LogP contribution in [0.15, 0.2) is 24.3 Å². The lowest BCUT2D eigenvalue weighted by molar-refractivity contribution is 0.0694. The maximum absolute atomic E-state index is 11.9. The maximum atomic E-state index is 11.9. The van der Waals surface area contributed by atoms with Gasteiger partial charge in [0.15, 0.2) is 0 Å². The quantitative estimate of drug-likeness (QED) is 0.672. The first-order chi connectivity index (χ1) is 6.79. The largest absolute Gasteiger partial charge is 0.359 e. The number of rotatable bonds is 1. The summed E-state index contributed by atoms with van der Waals surface area (Å²) < 4.78 is 5.14. The number of benzene rings is 1. The minimum atomic E-state index is 0.0700. The minimum absolute atomic E-state index is 0.0700. The average Bonchev–Trinajstić information content (AvgIpc) is 2.70. The maximum Gasteiger partial charge on any atom is 0.256 e. The van der Waals surface area contributed by atoms with Crippen molar-refractivity contribution < 1.29 is 9.53 Å². The molecule has 0 spiro atoms. The Bertz CT molecular complexity index is 343. The number of hydrogen-bond donors (Lipinski definition) is 0. The van der Waals surface area contributed by atoms with Gasteiger partial charge in [-0.25, -0.2) is 0 Å². The Kier molecular flexibility index (Phi) is 2.50. The molecule has 1 heterocycles. The molecule has 1 aromatic carbocycles. The molecule has 14 heavy (non-hydrogen) atoms. The van der Waals surface area contributed by atoms with Gasteiger partial charge in [-0.3, -0.25) is 4.79 Å². The Hall–Kier alpha value is -1.35. The Balaban J connectivity index is 2.22. The Labute approximate surface area is 83.3 Å². The first-order valence-corrected chi connectivity index (χ1v) is 4.71. The molecule has 3 heteroatoms. The second-order valence-electron chi connectivity index (χ2n) is 3.42. The summed E-state index contributed by atoms with van der Waals surface area (Å²) in [4.78, 5) is 13.6. The molecule has 0 aromatic heterocycles. The van der Waals surface area contributed by atoms with E-state index in [1.807, 2.05) is 31.2 Å². The summed E-state index contributed by atoms with van der Waals surface area (Å²) in [7, 11) is 0. The van der Waals surface area contributed by atoms with Gasteiger partial charge in [0.25, 0.3) is 5.91 Å². The molecule has 0 N–H and O–H groups in total. The molecule has 0 unspecified atom stereocenters. The zero-order valence-electron chi connectivity index (χ0n) is 8.19. The number of amides is 1. The van der Waals surface area contributed by atoms with Crippen LogP contribution in [-0.2, 0) is 4.74 Å². The third kappa shape index (κ3) is 1.63. The molecular weight excluding hydrogens is 178 g/mol. The molecule has 0 radical (unpaired) electrons. The van der Waals surface area contributed by atoms with Gasteiger partial charge < -0.3 is 9.64 Å². The monoisotopic (exact) mass is 191 g/mol. The fourth-order valence-electron chi connectivity index (χ4n) is 1.56. The number of nitrogens with zero attached hydrogens (tertiary/aromatic N) is 1. The lowest BCUT2D eigenvalue weighted by Crippen LogP contribution is -2.28. The van der Waals surface area contributed by atoms with Gasteiger partial charge in [0, 0.05) is 12.1 Å². The van der Waals surface area contributed by atoms with E-state index in [1.165, 1.54) is 0 Å². The number of hydrogen-bond acceptors (Lipinski definition) is 2. The third-order valence-corrected chi connectivity index (χ3v) is 2.42. The van der Waals surface area contributed by atoms with Gasteiger partial charge in [0.1, 0.15) is 6.73 Å². The topological polar surface area (TPSA) is 29.5 Å². The zero-order valence-corrected chi connectivity index (χ0v) is 8.19. The highest BCUT2D eigenvalue weighted by atomic mass is 16.5. The standard InChI is InChI=1S/C11H13NO2/c1-9-4-2-3-5-10(9)11(13)12-6-7-14-8-12/h2-5H,6-8H2,1H3.